The van der Waals surface area contributed by atoms with Crippen molar-refractivity contribution in [3.05, 3.63) is 46.2 Å². The lowest BCUT2D eigenvalue weighted by atomic mass is 10.2. The highest BCUT2D eigenvalue weighted by Gasteiger charge is 2.11. The molecule has 0 atom stereocenters. The second-order valence-electron chi connectivity index (χ2n) is 5.19. The molecule has 116 valence electrons. The standard InChI is InChI=1S/C17H19NO3S/c19-17(7-5-14-3-1-10-22-14)18-12-13-4-6-15-16(11-13)21-9-2-8-20-15/h1,3-4,6,10-11H,2,5,7-9,12H2,(H,18,19). The summed E-state index contributed by atoms with van der Waals surface area (Å²) in [7, 11) is 0. The lowest BCUT2D eigenvalue weighted by Gasteiger charge is -2.10. The first-order valence-electron chi connectivity index (χ1n) is 7.49. The Morgan fingerprint density at radius 1 is 1.18 bits per heavy atom. The zero-order valence-electron chi connectivity index (χ0n) is 12.3. The number of fused-ring (bicyclic) bond motifs is 1. The van der Waals surface area contributed by atoms with Gasteiger partial charge >= 0.3 is 0 Å². The molecule has 3 rings (SSSR count). The van der Waals surface area contributed by atoms with Crippen LogP contribution in [0.3, 0.4) is 0 Å². The molecule has 5 heteroatoms. The molecule has 1 aromatic carbocycles. The minimum absolute atomic E-state index is 0.0699. The van der Waals surface area contributed by atoms with Gasteiger partial charge in [-0.1, -0.05) is 12.1 Å². The van der Waals surface area contributed by atoms with E-state index < -0.39 is 0 Å². The molecule has 1 aliphatic heterocycles. The molecule has 22 heavy (non-hydrogen) atoms. The third-order valence-electron chi connectivity index (χ3n) is 3.48. The molecule has 0 spiro atoms. The second kappa shape index (κ2) is 7.31. The summed E-state index contributed by atoms with van der Waals surface area (Å²) in [5.41, 5.74) is 1.02. The van der Waals surface area contributed by atoms with Crippen LogP contribution in [-0.2, 0) is 17.8 Å². The monoisotopic (exact) mass is 317 g/mol. The first-order chi connectivity index (χ1) is 10.8. The summed E-state index contributed by atoms with van der Waals surface area (Å²) < 4.78 is 11.3. The van der Waals surface area contributed by atoms with Gasteiger partial charge in [-0.25, -0.2) is 0 Å². The topological polar surface area (TPSA) is 47.6 Å². The van der Waals surface area contributed by atoms with Crippen LogP contribution in [0.4, 0.5) is 0 Å². The Bertz CT molecular complexity index is 625. The maximum absolute atomic E-state index is 11.9. The molecule has 0 radical (unpaired) electrons. The van der Waals surface area contributed by atoms with Gasteiger partial charge in [-0.05, 0) is 35.6 Å². The van der Waals surface area contributed by atoms with Crippen LogP contribution in [0.15, 0.2) is 35.7 Å². The van der Waals surface area contributed by atoms with Gasteiger partial charge in [-0.15, -0.1) is 11.3 Å². The van der Waals surface area contributed by atoms with Gasteiger partial charge in [0.1, 0.15) is 0 Å². The Hall–Kier alpha value is -2.01. The summed E-state index contributed by atoms with van der Waals surface area (Å²) in [6.45, 7) is 1.87. The highest BCUT2D eigenvalue weighted by Crippen LogP contribution is 2.30. The highest BCUT2D eigenvalue weighted by molar-refractivity contribution is 7.09. The maximum atomic E-state index is 11.9. The molecule has 2 aromatic rings. The summed E-state index contributed by atoms with van der Waals surface area (Å²) in [6, 6.07) is 9.89. The number of carbonyl (C=O) groups excluding carboxylic acids is 1. The molecule has 0 unspecified atom stereocenters. The number of thiophene rings is 1. The quantitative estimate of drug-likeness (QED) is 0.921. The number of rotatable bonds is 5. The Morgan fingerprint density at radius 3 is 2.86 bits per heavy atom. The fourth-order valence-corrected chi connectivity index (χ4v) is 3.01. The summed E-state index contributed by atoms with van der Waals surface area (Å²) >= 11 is 1.69. The highest BCUT2D eigenvalue weighted by atomic mass is 32.1. The summed E-state index contributed by atoms with van der Waals surface area (Å²) in [5, 5.41) is 4.99. The Balaban J connectivity index is 1.50. The minimum atomic E-state index is 0.0699. The van der Waals surface area contributed by atoms with E-state index in [0.717, 1.165) is 29.9 Å². The van der Waals surface area contributed by atoms with Gasteiger partial charge in [-0.2, -0.15) is 0 Å². The molecule has 1 aliphatic rings. The summed E-state index contributed by atoms with van der Waals surface area (Å²) in [4.78, 5) is 13.1. The number of hydrogen-bond acceptors (Lipinski definition) is 4. The average Bonchev–Trinajstić information content (AvgIpc) is 2.95. The Morgan fingerprint density at radius 2 is 2.05 bits per heavy atom. The lowest BCUT2D eigenvalue weighted by Crippen LogP contribution is -2.22. The lowest BCUT2D eigenvalue weighted by molar-refractivity contribution is -0.121. The van der Waals surface area contributed by atoms with Gasteiger partial charge in [0.2, 0.25) is 5.91 Å². The molecule has 2 heterocycles. The third kappa shape index (κ3) is 4.01. The van der Waals surface area contributed by atoms with E-state index in [1.54, 1.807) is 11.3 Å². The van der Waals surface area contributed by atoms with Gasteiger partial charge in [0.15, 0.2) is 11.5 Å². The number of hydrogen-bond donors (Lipinski definition) is 1. The van der Waals surface area contributed by atoms with E-state index in [0.29, 0.717) is 26.2 Å². The molecule has 0 fully saturated rings. The SMILES string of the molecule is O=C(CCc1cccs1)NCc1ccc2c(c1)OCCCO2. The number of nitrogens with one attached hydrogen (secondary N) is 1. The zero-order chi connectivity index (χ0) is 15.2. The van der Waals surface area contributed by atoms with Gasteiger partial charge in [0.25, 0.3) is 0 Å². The van der Waals surface area contributed by atoms with E-state index >= 15 is 0 Å². The number of amides is 1. The van der Waals surface area contributed by atoms with E-state index in [-0.39, 0.29) is 5.91 Å². The van der Waals surface area contributed by atoms with E-state index in [1.165, 1.54) is 4.88 Å². The van der Waals surface area contributed by atoms with E-state index in [4.69, 9.17) is 9.47 Å². The molecule has 1 N–H and O–H groups in total. The molecule has 1 amide bonds. The van der Waals surface area contributed by atoms with Crippen molar-refractivity contribution in [2.75, 3.05) is 13.2 Å². The van der Waals surface area contributed by atoms with Crippen molar-refractivity contribution in [1.82, 2.24) is 5.32 Å². The van der Waals surface area contributed by atoms with E-state index in [2.05, 4.69) is 11.4 Å². The van der Waals surface area contributed by atoms with Crippen molar-refractivity contribution >= 4 is 17.2 Å². The van der Waals surface area contributed by atoms with Crippen LogP contribution in [-0.4, -0.2) is 19.1 Å². The smallest absolute Gasteiger partial charge is 0.220 e. The van der Waals surface area contributed by atoms with Crippen LogP contribution in [0, 0.1) is 0 Å². The molecule has 0 bridgehead atoms. The second-order valence-corrected chi connectivity index (χ2v) is 6.22. The Labute approximate surface area is 134 Å². The minimum Gasteiger partial charge on any atom is -0.490 e. The van der Waals surface area contributed by atoms with E-state index in [9.17, 15) is 4.79 Å². The summed E-state index contributed by atoms with van der Waals surface area (Å²) in [5.74, 6) is 1.62. The molecule has 4 nitrogen and oxygen atoms in total. The predicted molar refractivity (Wildman–Crippen MR) is 86.5 cm³/mol. The average molecular weight is 317 g/mol. The first-order valence-corrected chi connectivity index (χ1v) is 8.37. The number of aryl methyl sites for hydroxylation is 1. The van der Waals surface area contributed by atoms with Crippen LogP contribution in [0.2, 0.25) is 0 Å². The fraction of sp³-hybridized carbons (Fsp3) is 0.353. The molecule has 0 saturated carbocycles. The van der Waals surface area contributed by atoms with Crippen LogP contribution in [0.25, 0.3) is 0 Å². The van der Waals surface area contributed by atoms with Crippen molar-refractivity contribution in [1.29, 1.82) is 0 Å². The van der Waals surface area contributed by atoms with Crippen molar-refractivity contribution in [3.63, 3.8) is 0 Å². The number of benzene rings is 1. The molecular formula is C17H19NO3S. The molecule has 0 saturated heterocycles. The van der Waals surface area contributed by atoms with Crippen LogP contribution >= 0.6 is 11.3 Å². The van der Waals surface area contributed by atoms with Crippen LogP contribution in [0.1, 0.15) is 23.3 Å². The number of ether oxygens (including phenoxy) is 2. The normalized spacial score (nSPS) is 13.5. The Kier molecular flexibility index (Phi) is 4.96. The van der Waals surface area contributed by atoms with Gasteiger partial charge in [-0.3, -0.25) is 4.79 Å². The van der Waals surface area contributed by atoms with Crippen molar-refractivity contribution < 1.29 is 14.3 Å². The largest absolute Gasteiger partial charge is 0.490 e. The summed E-state index contributed by atoms with van der Waals surface area (Å²) in [6.07, 6.45) is 2.21. The predicted octanol–water partition coefficient (Wildman–Crippen LogP) is 3.16. The van der Waals surface area contributed by atoms with Crippen LogP contribution in [0.5, 0.6) is 11.5 Å². The van der Waals surface area contributed by atoms with E-state index in [1.807, 2.05) is 29.6 Å². The van der Waals surface area contributed by atoms with Crippen molar-refractivity contribution in [2.24, 2.45) is 0 Å². The van der Waals surface area contributed by atoms with Crippen molar-refractivity contribution in [3.8, 4) is 11.5 Å². The number of carbonyl (C=O) groups is 1. The third-order valence-corrected chi connectivity index (χ3v) is 4.42. The van der Waals surface area contributed by atoms with Crippen molar-refractivity contribution in [2.45, 2.75) is 25.8 Å². The zero-order valence-corrected chi connectivity index (χ0v) is 13.2. The van der Waals surface area contributed by atoms with Gasteiger partial charge in [0.05, 0.1) is 13.2 Å². The molecule has 0 aliphatic carbocycles. The fourth-order valence-electron chi connectivity index (χ4n) is 2.30. The molecular weight excluding hydrogens is 298 g/mol. The van der Waals surface area contributed by atoms with Gasteiger partial charge < -0.3 is 14.8 Å². The molecule has 1 aromatic heterocycles. The van der Waals surface area contributed by atoms with Gasteiger partial charge in [0, 0.05) is 24.3 Å². The first kappa shape index (κ1) is 14.9. The maximum Gasteiger partial charge on any atom is 0.220 e. The van der Waals surface area contributed by atoms with Crippen LogP contribution < -0.4 is 14.8 Å².